The first-order valence-corrected chi connectivity index (χ1v) is 5.91. The van der Waals surface area contributed by atoms with E-state index in [2.05, 4.69) is 20.3 Å². The van der Waals surface area contributed by atoms with Gasteiger partial charge in [0.25, 0.3) is 0 Å². The van der Waals surface area contributed by atoms with Crippen LogP contribution in [0.25, 0.3) is 0 Å². The molecule has 0 fully saturated rings. The Morgan fingerprint density at radius 3 is 3.00 bits per heavy atom. The maximum Gasteiger partial charge on any atom is 0.348 e. The molecule has 9 heteroatoms. The summed E-state index contributed by atoms with van der Waals surface area (Å²) >= 11 is 5.67. The second-order valence-corrected chi connectivity index (χ2v) is 4.06. The van der Waals surface area contributed by atoms with Crippen molar-refractivity contribution in [2.24, 2.45) is 0 Å². The lowest BCUT2D eigenvalue weighted by molar-refractivity contribution is -0.384. The number of anilines is 1. The largest absolute Gasteiger partial charge is 0.364 e. The van der Waals surface area contributed by atoms with Gasteiger partial charge in [-0.05, 0) is 6.42 Å². The number of nitrogens with zero attached hydrogens (tertiary/aromatic N) is 5. The van der Waals surface area contributed by atoms with Crippen LogP contribution in [0.5, 0.6) is 0 Å². The van der Waals surface area contributed by atoms with Gasteiger partial charge in [0.15, 0.2) is 0 Å². The number of hydrogen-bond donors (Lipinski definition) is 1. The van der Waals surface area contributed by atoms with Crippen molar-refractivity contribution >= 4 is 23.1 Å². The fourth-order valence-electron chi connectivity index (χ4n) is 1.54. The molecule has 0 saturated carbocycles. The Bertz CT molecular complexity index is 559. The number of hydrogen-bond acceptors (Lipinski definition) is 6. The van der Waals surface area contributed by atoms with E-state index in [-0.39, 0.29) is 16.7 Å². The van der Waals surface area contributed by atoms with Gasteiger partial charge in [0.2, 0.25) is 11.0 Å². The van der Waals surface area contributed by atoms with Gasteiger partial charge in [-0.25, -0.2) is 15.0 Å². The first-order chi connectivity index (χ1) is 9.18. The monoisotopic (exact) mass is 282 g/mol. The molecule has 2 rings (SSSR count). The molecular formula is C10H11ClN6O2. The molecule has 0 aromatic carbocycles. The van der Waals surface area contributed by atoms with Crippen LogP contribution in [0.3, 0.4) is 0 Å². The highest BCUT2D eigenvalue weighted by Crippen LogP contribution is 2.27. The van der Waals surface area contributed by atoms with Gasteiger partial charge < -0.3 is 9.88 Å². The summed E-state index contributed by atoms with van der Waals surface area (Å²) < 4.78 is 1.92. The van der Waals surface area contributed by atoms with E-state index in [0.717, 1.165) is 13.0 Å². The number of rotatable bonds is 6. The Kier molecular flexibility index (Phi) is 4.24. The van der Waals surface area contributed by atoms with E-state index < -0.39 is 4.92 Å². The lowest BCUT2D eigenvalue weighted by atomic mass is 10.4. The molecule has 0 amide bonds. The van der Waals surface area contributed by atoms with Crippen molar-refractivity contribution < 1.29 is 4.92 Å². The Labute approximate surface area is 113 Å². The lowest BCUT2D eigenvalue weighted by Gasteiger charge is -2.06. The zero-order chi connectivity index (χ0) is 13.7. The number of aromatic nitrogens is 4. The molecule has 2 aromatic rings. The Hall–Kier alpha value is -2.22. The van der Waals surface area contributed by atoms with E-state index in [1.165, 1.54) is 6.33 Å². The van der Waals surface area contributed by atoms with Gasteiger partial charge in [-0.3, -0.25) is 10.1 Å². The average Bonchev–Trinajstić information content (AvgIpc) is 2.87. The molecule has 2 heterocycles. The number of halogens is 1. The minimum Gasteiger partial charge on any atom is -0.364 e. The second-order valence-electron chi connectivity index (χ2n) is 3.70. The summed E-state index contributed by atoms with van der Waals surface area (Å²) in [7, 11) is 0. The second kappa shape index (κ2) is 6.10. The fourth-order valence-corrected chi connectivity index (χ4v) is 1.74. The first-order valence-electron chi connectivity index (χ1n) is 5.53. The highest BCUT2D eigenvalue weighted by Gasteiger charge is 2.20. The highest BCUT2D eigenvalue weighted by molar-refractivity contribution is 6.31. The molecule has 0 radical (unpaired) electrons. The third-order valence-corrected chi connectivity index (χ3v) is 2.68. The molecule has 100 valence electrons. The topological polar surface area (TPSA) is 98.8 Å². The minimum atomic E-state index is -0.597. The predicted octanol–water partition coefficient (Wildman–Crippen LogP) is 1.74. The maximum absolute atomic E-state index is 10.9. The summed E-state index contributed by atoms with van der Waals surface area (Å²) in [5.74, 6) is 0.135. The van der Waals surface area contributed by atoms with E-state index in [9.17, 15) is 10.1 Å². The van der Waals surface area contributed by atoms with E-state index in [1.54, 1.807) is 12.5 Å². The number of imidazole rings is 1. The Balaban J connectivity index is 1.92. The maximum atomic E-state index is 10.9. The summed E-state index contributed by atoms with van der Waals surface area (Å²) in [5.41, 5.74) is -0.299. The SMILES string of the molecule is O=[N+]([O-])c1c(Cl)ncnc1NCCCn1ccnc1. The number of nitro groups is 1. The molecule has 8 nitrogen and oxygen atoms in total. The molecule has 2 aromatic heterocycles. The van der Waals surface area contributed by atoms with Crippen LogP contribution in [0.4, 0.5) is 11.5 Å². The van der Waals surface area contributed by atoms with Crippen molar-refractivity contribution in [2.45, 2.75) is 13.0 Å². The molecule has 0 saturated heterocycles. The van der Waals surface area contributed by atoms with Crippen molar-refractivity contribution in [3.63, 3.8) is 0 Å². The van der Waals surface area contributed by atoms with Gasteiger partial charge in [0, 0.05) is 25.5 Å². The van der Waals surface area contributed by atoms with Crippen LogP contribution in [0, 0.1) is 10.1 Å². The van der Waals surface area contributed by atoms with Crippen LogP contribution < -0.4 is 5.32 Å². The zero-order valence-corrected chi connectivity index (χ0v) is 10.6. The van der Waals surface area contributed by atoms with Crippen LogP contribution in [-0.4, -0.2) is 31.0 Å². The smallest absolute Gasteiger partial charge is 0.348 e. The van der Waals surface area contributed by atoms with Crippen molar-refractivity contribution in [1.29, 1.82) is 0 Å². The van der Waals surface area contributed by atoms with Crippen LogP contribution in [0.15, 0.2) is 25.0 Å². The molecule has 0 atom stereocenters. The van der Waals surface area contributed by atoms with Gasteiger partial charge in [-0.1, -0.05) is 11.6 Å². The summed E-state index contributed by atoms with van der Waals surface area (Å²) in [6.45, 7) is 1.30. The van der Waals surface area contributed by atoms with Crippen molar-refractivity contribution in [3.05, 3.63) is 40.3 Å². The van der Waals surface area contributed by atoms with E-state index >= 15 is 0 Å². The highest BCUT2D eigenvalue weighted by atomic mass is 35.5. The number of aryl methyl sites for hydroxylation is 1. The van der Waals surface area contributed by atoms with E-state index in [4.69, 9.17) is 11.6 Å². The molecule has 0 aliphatic carbocycles. The molecule has 0 bridgehead atoms. The minimum absolute atomic E-state index is 0.135. The zero-order valence-electron chi connectivity index (χ0n) is 9.86. The first kappa shape index (κ1) is 13.2. The van der Waals surface area contributed by atoms with Gasteiger partial charge in [-0.2, -0.15) is 0 Å². The van der Waals surface area contributed by atoms with Crippen LogP contribution >= 0.6 is 11.6 Å². The molecule has 0 aliphatic heterocycles. The summed E-state index contributed by atoms with van der Waals surface area (Å²) in [5, 5.41) is 13.6. The fraction of sp³-hybridized carbons (Fsp3) is 0.300. The average molecular weight is 283 g/mol. The quantitative estimate of drug-likeness (QED) is 0.375. The molecule has 19 heavy (non-hydrogen) atoms. The van der Waals surface area contributed by atoms with Gasteiger partial charge in [-0.15, -0.1) is 0 Å². The lowest BCUT2D eigenvalue weighted by Crippen LogP contribution is -2.09. The van der Waals surface area contributed by atoms with Gasteiger partial charge >= 0.3 is 5.69 Å². The van der Waals surface area contributed by atoms with Crippen molar-refractivity contribution in [3.8, 4) is 0 Å². The molecule has 0 aliphatic rings. The standard InChI is InChI=1S/C10H11ClN6O2/c11-9-8(17(18)19)10(15-6-14-9)13-2-1-4-16-5-3-12-7-16/h3,5-7H,1-2,4H2,(H,13,14,15). The van der Waals surface area contributed by atoms with Gasteiger partial charge in [0.05, 0.1) is 11.3 Å². The summed E-state index contributed by atoms with van der Waals surface area (Å²) in [6.07, 6.45) is 7.22. The van der Waals surface area contributed by atoms with Crippen molar-refractivity contribution in [2.75, 3.05) is 11.9 Å². The normalized spacial score (nSPS) is 10.4. The van der Waals surface area contributed by atoms with Crippen LogP contribution in [0.2, 0.25) is 5.15 Å². The molecular weight excluding hydrogens is 272 g/mol. The summed E-state index contributed by atoms with van der Waals surface area (Å²) in [6, 6.07) is 0. The third-order valence-electron chi connectivity index (χ3n) is 2.40. The Morgan fingerprint density at radius 1 is 1.47 bits per heavy atom. The van der Waals surface area contributed by atoms with E-state index in [0.29, 0.717) is 6.54 Å². The third kappa shape index (κ3) is 3.38. The number of nitrogens with one attached hydrogen (secondary N) is 1. The molecule has 0 unspecified atom stereocenters. The van der Waals surface area contributed by atoms with Crippen molar-refractivity contribution in [1.82, 2.24) is 19.5 Å². The predicted molar refractivity (Wildman–Crippen MR) is 69.0 cm³/mol. The van der Waals surface area contributed by atoms with E-state index in [1.807, 2.05) is 10.8 Å². The van der Waals surface area contributed by atoms with Crippen LogP contribution in [0.1, 0.15) is 6.42 Å². The molecule has 1 N–H and O–H groups in total. The van der Waals surface area contributed by atoms with Crippen LogP contribution in [-0.2, 0) is 6.54 Å². The van der Waals surface area contributed by atoms with Gasteiger partial charge in [0.1, 0.15) is 6.33 Å². The molecule has 0 spiro atoms. The Morgan fingerprint density at radius 2 is 2.32 bits per heavy atom. The summed E-state index contributed by atoms with van der Waals surface area (Å²) in [4.78, 5) is 21.6.